The van der Waals surface area contributed by atoms with Gasteiger partial charge >= 0.3 is 5.97 Å². The molecule has 118 valence electrons. The van der Waals surface area contributed by atoms with Gasteiger partial charge in [0.15, 0.2) is 0 Å². The van der Waals surface area contributed by atoms with Crippen molar-refractivity contribution in [3.05, 3.63) is 60.2 Å². The van der Waals surface area contributed by atoms with Crippen LogP contribution in [0.3, 0.4) is 0 Å². The summed E-state index contributed by atoms with van der Waals surface area (Å²) < 4.78 is 0. The number of carboxylic acids is 1. The van der Waals surface area contributed by atoms with E-state index in [0.29, 0.717) is 12.8 Å². The summed E-state index contributed by atoms with van der Waals surface area (Å²) in [5.41, 5.74) is 9.53. The van der Waals surface area contributed by atoms with Gasteiger partial charge in [0.05, 0.1) is 5.92 Å². The molecule has 0 saturated heterocycles. The van der Waals surface area contributed by atoms with Crippen LogP contribution in [0.4, 0.5) is 0 Å². The van der Waals surface area contributed by atoms with Gasteiger partial charge in [0, 0.05) is 6.04 Å². The zero-order chi connectivity index (χ0) is 15.2. The largest absolute Gasteiger partial charge is 0.481 e. The normalized spacial score (nSPS) is 13.0. The van der Waals surface area contributed by atoms with E-state index in [1.807, 2.05) is 18.2 Å². The lowest BCUT2D eigenvalue weighted by molar-refractivity contribution is -0.141. The molecule has 0 unspecified atom stereocenters. The van der Waals surface area contributed by atoms with Crippen LogP contribution in [-0.2, 0) is 11.2 Å². The summed E-state index contributed by atoms with van der Waals surface area (Å²) in [5.74, 6) is -1.19. The van der Waals surface area contributed by atoms with E-state index in [9.17, 15) is 4.79 Å². The van der Waals surface area contributed by atoms with Crippen LogP contribution in [0.1, 0.15) is 18.9 Å². The molecule has 4 heteroatoms. The molecule has 0 amide bonds. The van der Waals surface area contributed by atoms with Crippen molar-refractivity contribution in [2.75, 3.05) is 0 Å². The van der Waals surface area contributed by atoms with Crippen LogP contribution in [0.25, 0.3) is 11.1 Å². The number of carbonyl (C=O) groups is 1. The Labute approximate surface area is 137 Å². The van der Waals surface area contributed by atoms with Gasteiger partial charge in [-0.1, -0.05) is 61.5 Å². The topological polar surface area (TPSA) is 63.3 Å². The van der Waals surface area contributed by atoms with Gasteiger partial charge < -0.3 is 10.8 Å². The van der Waals surface area contributed by atoms with Gasteiger partial charge in [-0.3, -0.25) is 4.79 Å². The Bertz CT molecular complexity index is 584. The number of hydrogen-bond donors (Lipinski definition) is 2. The zero-order valence-corrected chi connectivity index (χ0v) is 13.4. The highest BCUT2D eigenvalue weighted by atomic mass is 35.5. The number of aliphatic carboxylic acids is 1. The van der Waals surface area contributed by atoms with Crippen molar-refractivity contribution in [3.63, 3.8) is 0 Å². The molecule has 0 bridgehead atoms. The predicted molar refractivity (Wildman–Crippen MR) is 92.2 cm³/mol. The summed E-state index contributed by atoms with van der Waals surface area (Å²) >= 11 is 0. The molecule has 0 aromatic heterocycles. The maximum Gasteiger partial charge on any atom is 0.306 e. The van der Waals surface area contributed by atoms with Crippen molar-refractivity contribution >= 4 is 18.4 Å². The Hall–Kier alpha value is -1.84. The van der Waals surface area contributed by atoms with Gasteiger partial charge in [-0.2, -0.15) is 0 Å². The molecule has 0 aliphatic carbocycles. The van der Waals surface area contributed by atoms with Gasteiger partial charge in [-0.15, -0.1) is 12.4 Å². The highest BCUT2D eigenvalue weighted by Crippen LogP contribution is 2.20. The molecule has 0 heterocycles. The van der Waals surface area contributed by atoms with Gasteiger partial charge in [-0.05, 0) is 29.5 Å². The van der Waals surface area contributed by atoms with Crippen molar-refractivity contribution in [1.82, 2.24) is 0 Å². The number of rotatable bonds is 6. The second kappa shape index (κ2) is 8.57. The average Bonchev–Trinajstić information content (AvgIpc) is 2.48. The number of benzene rings is 2. The van der Waals surface area contributed by atoms with E-state index < -0.39 is 11.9 Å². The molecule has 3 N–H and O–H groups in total. The first-order valence-electron chi connectivity index (χ1n) is 7.19. The summed E-state index contributed by atoms with van der Waals surface area (Å²) in [6.45, 7) is 1.70. The van der Waals surface area contributed by atoms with E-state index in [2.05, 4.69) is 36.4 Å². The van der Waals surface area contributed by atoms with Crippen LogP contribution >= 0.6 is 12.4 Å². The van der Waals surface area contributed by atoms with Crippen LogP contribution in [0.5, 0.6) is 0 Å². The third-order valence-electron chi connectivity index (χ3n) is 3.64. The molecule has 2 aromatic carbocycles. The molecule has 22 heavy (non-hydrogen) atoms. The molecular formula is C18H22ClNO2. The van der Waals surface area contributed by atoms with Gasteiger partial charge in [-0.25, -0.2) is 0 Å². The van der Waals surface area contributed by atoms with E-state index in [0.717, 1.165) is 5.56 Å². The lowest BCUT2D eigenvalue weighted by Gasteiger charge is -2.14. The van der Waals surface area contributed by atoms with E-state index >= 15 is 0 Å². The number of nitrogens with two attached hydrogens (primary N) is 1. The molecule has 0 saturated carbocycles. The SMILES string of the molecule is C[C@@H](C[C@@H](N)Cc1ccc(-c2ccccc2)cc1)C(=O)O.Cl. The van der Waals surface area contributed by atoms with Gasteiger partial charge in [0.2, 0.25) is 0 Å². The summed E-state index contributed by atoms with van der Waals surface area (Å²) in [5, 5.41) is 8.90. The minimum atomic E-state index is -0.787. The first-order valence-corrected chi connectivity index (χ1v) is 7.19. The Kier molecular flexibility index (Phi) is 7.09. The number of halogens is 1. The first kappa shape index (κ1) is 18.2. The van der Waals surface area contributed by atoms with Crippen LogP contribution in [0, 0.1) is 5.92 Å². The zero-order valence-electron chi connectivity index (χ0n) is 12.6. The molecular weight excluding hydrogens is 298 g/mol. The maximum atomic E-state index is 10.8. The third-order valence-corrected chi connectivity index (χ3v) is 3.64. The quantitative estimate of drug-likeness (QED) is 0.852. The Morgan fingerprint density at radius 2 is 1.59 bits per heavy atom. The minimum absolute atomic E-state index is 0. The highest BCUT2D eigenvalue weighted by Gasteiger charge is 2.15. The molecule has 0 aliphatic heterocycles. The first-order chi connectivity index (χ1) is 10.1. The number of carboxylic acid groups (broad SMARTS) is 1. The third kappa shape index (κ3) is 5.17. The van der Waals surface area contributed by atoms with Crippen molar-refractivity contribution in [2.45, 2.75) is 25.8 Å². The lowest BCUT2D eigenvalue weighted by atomic mass is 9.96. The smallest absolute Gasteiger partial charge is 0.306 e. The van der Waals surface area contributed by atoms with Crippen LogP contribution in [-0.4, -0.2) is 17.1 Å². The van der Waals surface area contributed by atoms with Crippen molar-refractivity contribution in [1.29, 1.82) is 0 Å². The fourth-order valence-corrected chi connectivity index (χ4v) is 2.40. The van der Waals surface area contributed by atoms with Crippen molar-refractivity contribution < 1.29 is 9.90 Å². The summed E-state index contributed by atoms with van der Waals surface area (Å²) in [7, 11) is 0. The molecule has 0 aliphatic rings. The average molecular weight is 320 g/mol. The molecule has 2 rings (SSSR count). The molecule has 2 atom stereocenters. The Balaban J connectivity index is 0.00000242. The van der Waals surface area contributed by atoms with E-state index in [4.69, 9.17) is 10.8 Å². The van der Waals surface area contributed by atoms with Crippen molar-refractivity contribution in [2.24, 2.45) is 11.7 Å². The predicted octanol–water partition coefficient (Wildman–Crippen LogP) is 3.76. The molecule has 3 nitrogen and oxygen atoms in total. The Morgan fingerprint density at radius 1 is 1.05 bits per heavy atom. The summed E-state index contributed by atoms with van der Waals surface area (Å²) in [6, 6.07) is 18.4. The van der Waals surface area contributed by atoms with E-state index in [-0.39, 0.29) is 18.4 Å². The highest BCUT2D eigenvalue weighted by molar-refractivity contribution is 5.85. The standard InChI is InChI=1S/C18H21NO2.ClH/c1-13(18(20)21)11-17(19)12-14-7-9-16(10-8-14)15-5-3-2-4-6-15;/h2-10,13,17H,11-12,19H2,1H3,(H,20,21);1H/t13-,17+;/m0./s1. The Morgan fingerprint density at radius 3 is 2.14 bits per heavy atom. The minimum Gasteiger partial charge on any atom is -0.481 e. The monoisotopic (exact) mass is 319 g/mol. The summed E-state index contributed by atoms with van der Waals surface area (Å²) in [4.78, 5) is 10.8. The fraction of sp³-hybridized carbons (Fsp3) is 0.278. The van der Waals surface area contributed by atoms with Gasteiger partial charge in [0.1, 0.15) is 0 Å². The molecule has 0 fully saturated rings. The van der Waals surface area contributed by atoms with Gasteiger partial charge in [0.25, 0.3) is 0 Å². The second-order valence-corrected chi connectivity index (χ2v) is 5.50. The van der Waals surface area contributed by atoms with Crippen LogP contribution in [0.15, 0.2) is 54.6 Å². The molecule has 2 aromatic rings. The maximum absolute atomic E-state index is 10.8. The number of hydrogen-bond acceptors (Lipinski definition) is 2. The van der Waals surface area contributed by atoms with E-state index in [1.165, 1.54) is 11.1 Å². The van der Waals surface area contributed by atoms with E-state index in [1.54, 1.807) is 6.92 Å². The summed E-state index contributed by atoms with van der Waals surface area (Å²) in [6.07, 6.45) is 1.20. The van der Waals surface area contributed by atoms with Crippen LogP contribution < -0.4 is 5.73 Å². The molecule has 0 radical (unpaired) electrons. The molecule has 0 spiro atoms. The van der Waals surface area contributed by atoms with Crippen LogP contribution in [0.2, 0.25) is 0 Å². The lowest BCUT2D eigenvalue weighted by Crippen LogP contribution is -2.28. The fourth-order valence-electron chi connectivity index (χ4n) is 2.40. The van der Waals surface area contributed by atoms with Crippen molar-refractivity contribution in [3.8, 4) is 11.1 Å². The second-order valence-electron chi connectivity index (χ2n) is 5.50.